The lowest BCUT2D eigenvalue weighted by atomic mass is 9.33. The average molecular weight is 1090 g/mol. The Hall–Kier alpha value is -2.04. The minimum atomic E-state index is -1.93. The van der Waals surface area contributed by atoms with E-state index < -0.39 is 158 Å². The molecule has 4 heterocycles. The number of ether oxygens (including phenoxy) is 8. The zero-order valence-electron chi connectivity index (χ0n) is 45.2. The Balaban J connectivity index is 0.924. The SMILES string of the molecule is C[C@@H]1O[C@@H](O[C@@H]2[C@@H](O)[C@H](O[C@H]3CC[C@]4(C)[C@H]5CC=C6[C@@H]7CC(C)(C)CC[C@]7(C(=O)O[C@@H]7O[C@H](CO)[C@@H](O[C@@H]8O[C@@H](C)[C@H](O)[C@@H](O)[C@H]8O)[C@H](O)[C@H]7O)CC[C@@]6(C)[C@]5(C)CC[C@H]4C3(C)C)O[C@H](C(=O)O)[C@H]2O)[C@H](O)[C@H](O)[C@H]1O. The molecule has 0 amide bonds. The Kier molecular flexibility index (Phi) is 16.0. The smallest absolute Gasteiger partial charge is 0.335 e. The van der Waals surface area contributed by atoms with Gasteiger partial charge in [0.2, 0.25) is 6.29 Å². The molecule has 12 N–H and O–H groups in total. The highest BCUT2D eigenvalue weighted by Crippen LogP contribution is 2.76. The number of carboxylic acids is 1. The van der Waals surface area contributed by atoms with E-state index in [1.54, 1.807) is 0 Å². The number of carbonyl (C=O) groups is 2. The summed E-state index contributed by atoms with van der Waals surface area (Å²) in [5.41, 5.74) is -1.26. The van der Waals surface area contributed by atoms with Gasteiger partial charge < -0.3 is 99.2 Å². The van der Waals surface area contributed by atoms with Crippen molar-refractivity contribution in [2.45, 2.75) is 255 Å². The monoisotopic (exact) mass is 1090 g/mol. The number of carbonyl (C=O) groups excluding carboxylic acids is 1. The first-order valence-electron chi connectivity index (χ1n) is 27.5. The van der Waals surface area contributed by atoms with Crippen LogP contribution in [0.2, 0.25) is 0 Å². The summed E-state index contributed by atoms with van der Waals surface area (Å²) < 4.78 is 47.3. The summed E-state index contributed by atoms with van der Waals surface area (Å²) in [6, 6.07) is 0. The van der Waals surface area contributed by atoms with Crippen LogP contribution in [0.25, 0.3) is 0 Å². The summed E-state index contributed by atoms with van der Waals surface area (Å²) >= 11 is 0. The van der Waals surface area contributed by atoms with Gasteiger partial charge in [-0.1, -0.05) is 60.1 Å². The van der Waals surface area contributed by atoms with Crippen LogP contribution in [-0.2, 0) is 47.5 Å². The predicted octanol–water partition coefficient (Wildman–Crippen LogP) is 0.112. The van der Waals surface area contributed by atoms with Crippen molar-refractivity contribution in [3.63, 3.8) is 0 Å². The molecule has 4 aliphatic heterocycles. The Labute approximate surface area is 443 Å². The Morgan fingerprint density at radius 1 is 0.592 bits per heavy atom. The summed E-state index contributed by atoms with van der Waals surface area (Å²) in [7, 11) is 0. The minimum absolute atomic E-state index is 0.0869. The molecule has 0 bridgehead atoms. The molecule has 0 spiro atoms. The third kappa shape index (κ3) is 9.34. The Morgan fingerprint density at radius 3 is 1.75 bits per heavy atom. The van der Waals surface area contributed by atoms with Crippen LogP contribution in [-0.4, -0.2) is 209 Å². The number of hydrogen-bond acceptors (Lipinski definition) is 21. The molecular formula is C54H86O22. The van der Waals surface area contributed by atoms with E-state index in [-0.39, 0.29) is 39.4 Å². The standard InChI is InChI=1S/C54H86O22/c1-22-30(56)32(58)35(61)44(69-22)73-40-26(21-55)71-46(37(63)34(40)60)76-48(68)54-18-16-49(3,4)20-25(54)24-10-11-28-51(7)14-13-29(50(5,6)27(51)12-15-53(28,9)52(24,8)17-19-54)72-47-39(65)41(38(64)42(75-47)43(66)67)74-45-36(62)33(59)31(57)23(2)70-45/h10,22-23,25-42,44-47,55-65H,11-21H2,1-9H3,(H,66,67)/t22-,23-,25-,26+,27-,28+,29-,30-,31-,32+,33+,34+,35+,36+,37+,38-,39+,40+,41-,42-,44-,45-,46-,47+,51-,52+,53+,54-/m0/s1. The molecule has 9 rings (SSSR count). The molecule has 4 saturated heterocycles. The van der Waals surface area contributed by atoms with Crippen molar-refractivity contribution in [1.82, 2.24) is 0 Å². The van der Waals surface area contributed by atoms with E-state index >= 15 is 4.79 Å². The van der Waals surface area contributed by atoms with Crippen molar-refractivity contribution in [3.05, 3.63) is 11.6 Å². The van der Waals surface area contributed by atoms with Crippen molar-refractivity contribution in [3.8, 4) is 0 Å². The summed E-state index contributed by atoms with van der Waals surface area (Å²) in [6.45, 7) is 17.9. The molecule has 0 aromatic rings. The van der Waals surface area contributed by atoms with E-state index in [0.29, 0.717) is 32.1 Å². The van der Waals surface area contributed by atoms with Gasteiger partial charge in [-0.05, 0) is 123 Å². The number of aliphatic hydroxyl groups is 11. The second kappa shape index (κ2) is 20.7. The van der Waals surface area contributed by atoms with E-state index in [1.165, 1.54) is 19.4 Å². The number of fused-ring (bicyclic) bond motifs is 7. The van der Waals surface area contributed by atoms with Crippen LogP contribution in [0.5, 0.6) is 0 Å². The fourth-order valence-corrected chi connectivity index (χ4v) is 16.4. The highest BCUT2D eigenvalue weighted by Gasteiger charge is 2.70. The van der Waals surface area contributed by atoms with E-state index in [9.17, 15) is 66.1 Å². The summed E-state index contributed by atoms with van der Waals surface area (Å²) in [6.07, 6.45) is -23.3. The quantitative estimate of drug-likeness (QED) is 0.0785. The van der Waals surface area contributed by atoms with Crippen LogP contribution in [0.1, 0.15) is 127 Å². The maximum absolute atomic E-state index is 15.1. The van der Waals surface area contributed by atoms with Crippen molar-refractivity contribution < 1.29 is 109 Å². The van der Waals surface area contributed by atoms with Crippen molar-refractivity contribution in [2.24, 2.45) is 50.2 Å². The molecule has 0 radical (unpaired) electrons. The normalized spacial score (nSPS) is 53.9. The number of carboxylic acid groups (broad SMARTS) is 1. The first kappa shape index (κ1) is 58.6. The van der Waals surface area contributed by atoms with Gasteiger partial charge in [-0.15, -0.1) is 0 Å². The second-order valence-electron chi connectivity index (χ2n) is 26.3. The fraction of sp³-hybridized carbons (Fsp3) is 0.926. The molecule has 76 heavy (non-hydrogen) atoms. The van der Waals surface area contributed by atoms with Crippen molar-refractivity contribution >= 4 is 11.9 Å². The molecule has 22 heteroatoms. The number of aliphatic carboxylic acids is 1. The molecule has 22 nitrogen and oxygen atoms in total. The van der Waals surface area contributed by atoms with Gasteiger partial charge >= 0.3 is 11.9 Å². The van der Waals surface area contributed by atoms with Gasteiger partial charge in [-0.25, -0.2) is 4.79 Å². The van der Waals surface area contributed by atoms with Gasteiger partial charge in [0, 0.05) is 0 Å². The average Bonchev–Trinajstić information content (AvgIpc) is 3.36. The van der Waals surface area contributed by atoms with E-state index in [4.69, 9.17) is 37.9 Å². The zero-order chi connectivity index (χ0) is 55.7. The van der Waals surface area contributed by atoms with E-state index in [0.717, 1.165) is 32.1 Å². The first-order chi connectivity index (χ1) is 35.4. The Morgan fingerprint density at radius 2 is 1.16 bits per heavy atom. The number of allylic oxidation sites excluding steroid dienone is 2. The molecule has 5 aliphatic carbocycles. The molecule has 0 aromatic carbocycles. The number of aliphatic hydroxyl groups excluding tert-OH is 11. The molecule has 28 atom stereocenters. The molecule has 8 fully saturated rings. The Bertz CT molecular complexity index is 2160. The molecule has 9 aliphatic rings. The molecular weight excluding hydrogens is 1000 g/mol. The number of hydrogen-bond donors (Lipinski definition) is 12. The van der Waals surface area contributed by atoms with Gasteiger partial charge in [-0.2, -0.15) is 0 Å². The largest absolute Gasteiger partial charge is 0.479 e. The molecule has 434 valence electrons. The highest BCUT2D eigenvalue weighted by molar-refractivity contribution is 5.79. The van der Waals surface area contributed by atoms with Crippen molar-refractivity contribution in [1.29, 1.82) is 0 Å². The van der Waals surface area contributed by atoms with Crippen LogP contribution in [0.3, 0.4) is 0 Å². The maximum atomic E-state index is 15.1. The molecule has 0 unspecified atom stereocenters. The number of rotatable bonds is 10. The first-order valence-corrected chi connectivity index (χ1v) is 27.5. The minimum Gasteiger partial charge on any atom is -0.479 e. The maximum Gasteiger partial charge on any atom is 0.335 e. The molecule has 0 aromatic heterocycles. The van der Waals surface area contributed by atoms with E-state index in [2.05, 4.69) is 54.5 Å². The van der Waals surface area contributed by atoms with Gasteiger partial charge in [0.25, 0.3) is 0 Å². The van der Waals surface area contributed by atoms with Crippen LogP contribution in [0.4, 0.5) is 0 Å². The molecule has 4 saturated carbocycles. The van der Waals surface area contributed by atoms with Crippen LogP contribution in [0, 0.1) is 50.2 Å². The van der Waals surface area contributed by atoms with Gasteiger partial charge in [0.15, 0.2) is 25.0 Å². The summed E-state index contributed by atoms with van der Waals surface area (Å²) in [5, 5.41) is 129. The van der Waals surface area contributed by atoms with Crippen LogP contribution >= 0.6 is 0 Å². The topological polar surface area (TPSA) is 351 Å². The van der Waals surface area contributed by atoms with Gasteiger partial charge in [0.1, 0.15) is 79.4 Å². The predicted molar refractivity (Wildman–Crippen MR) is 261 cm³/mol. The van der Waals surface area contributed by atoms with Gasteiger partial charge in [0.05, 0.1) is 30.3 Å². The third-order valence-corrected chi connectivity index (χ3v) is 21.3. The highest BCUT2D eigenvalue weighted by atomic mass is 16.8. The van der Waals surface area contributed by atoms with Gasteiger partial charge in [-0.3, -0.25) is 4.79 Å². The lowest BCUT2D eigenvalue weighted by Gasteiger charge is -2.71. The zero-order valence-corrected chi connectivity index (χ0v) is 45.2. The fourth-order valence-electron chi connectivity index (χ4n) is 16.4. The third-order valence-electron chi connectivity index (χ3n) is 21.3. The number of esters is 1. The van der Waals surface area contributed by atoms with Crippen LogP contribution in [0.15, 0.2) is 11.6 Å². The summed E-state index contributed by atoms with van der Waals surface area (Å²) in [4.78, 5) is 27.5. The lowest BCUT2D eigenvalue weighted by molar-refractivity contribution is -0.363. The second-order valence-corrected chi connectivity index (χ2v) is 26.3. The van der Waals surface area contributed by atoms with E-state index in [1.807, 2.05) is 0 Å². The summed E-state index contributed by atoms with van der Waals surface area (Å²) in [5.74, 6) is -2.05. The van der Waals surface area contributed by atoms with Crippen LogP contribution < -0.4 is 0 Å². The van der Waals surface area contributed by atoms with Crippen molar-refractivity contribution in [2.75, 3.05) is 6.61 Å². The lowest BCUT2D eigenvalue weighted by Crippen LogP contribution is -2.67.